The first-order valence-electron chi connectivity index (χ1n) is 8.49. The predicted octanol–water partition coefficient (Wildman–Crippen LogP) is 1.08. The fourth-order valence-corrected chi connectivity index (χ4v) is 4.25. The van der Waals surface area contributed by atoms with Crippen molar-refractivity contribution in [3.05, 3.63) is 23.8 Å². The van der Waals surface area contributed by atoms with Crippen LogP contribution in [0.2, 0.25) is 0 Å². The van der Waals surface area contributed by atoms with Crippen molar-refractivity contribution in [3.63, 3.8) is 0 Å². The SMILES string of the molecule is CCOC(=O)N1CCN(S(=O)(=O)NC(C)c2ccc3c(c2)OCO3)CC1. The lowest BCUT2D eigenvalue weighted by Gasteiger charge is -2.33. The van der Waals surface area contributed by atoms with Gasteiger partial charge in [0.25, 0.3) is 10.2 Å². The molecule has 1 aromatic rings. The molecule has 0 spiro atoms. The highest BCUT2D eigenvalue weighted by atomic mass is 32.2. The number of piperazine rings is 1. The standard InChI is InChI=1S/C16H23N3O6S/c1-3-23-16(20)18-6-8-19(9-7-18)26(21,22)17-12(2)13-4-5-14-15(10-13)25-11-24-14/h4-5,10,12,17H,3,6-9,11H2,1-2H3. The molecule has 1 unspecified atom stereocenters. The van der Waals surface area contributed by atoms with Gasteiger partial charge >= 0.3 is 6.09 Å². The Labute approximate surface area is 153 Å². The van der Waals surface area contributed by atoms with E-state index in [1.807, 2.05) is 0 Å². The Morgan fingerprint density at radius 1 is 1.23 bits per heavy atom. The van der Waals surface area contributed by atoms with Crippen molar-refractivity contribution >= 4 is 16.3 Å². The Bertz CT molecular complexity index is 761. The summed E-state index contributed by atoms with van der Waals surface area (Å²) in [5.41, 5.74) is 0.781. The van der Waals surface area contributed by atoms with E-state index in [0.29, 0.717) is 31.2 Å². The van der Waals surface area contributed by atoms with Crippen LogP contribution in [-0.4, -0.2) is 63.3 Å². The van der Waals surface area contributed by atoms with Gasteiger partial charge < -0.3 is 19.1 Å². The first-order valence-corrected chi connectivity index (χ1v) is 9.93. The Kier molecular flexibility index (Phi) is 5.54. The van der Waals surface area contributed by atoms with Gasteiger partial charge in [-0.2, -0.15) is 17.4 Å². The van der Waals surface area contributed by atoms with E-state index in [9.17, 15) is 13.2 Å². The maximum Gasteiger partial charge on any atom is 0.409 e. The van der Waals surface area contributed by atoms with Crippen molar-refractivity contribution in [2.45, 2.75) is 19.9 Å². The van der Waals surface area contributed by atoms with E-state index < -0.39 is 22.3 Å². The molecule has 2 aliphatic heterocycles. The number of rotatable bonds is 5. The minimum atomic E-state index is -3.67. The fraction of sp³-hybridized carbons (Fsp3) is 0.562. The Balaban J connectivity index is 1.59. The number of amides is 1. The summed E-state index contributed by atoms with van der Waals surface area (Å²) in [7, 11) is -3.67. The van der Waals surface area contributed by atoms with Crippen LogP contribution < -0.4 is 14.2 Å². The summed E-state index contributed by atoms with van der Waals surface area (Å²) in [4.78, 5) is 13.2. The molecule has 1 amide bonds. The molecule has 1 fully saturated rings. The Morgan fingerprint density at radius 2 is 1.92 bits per heavy atom. The molecular formula is C16H23N3O6S. The molecule has 1 atom stereocenters. The van der Waals surface area contributed by atoms with Gasteiger partial charge in [0.15, 0.2) is 11.5 Å². The molecule has 1 saturated heterocycles. The highest BCUT2D eigenvalue weighted by molar-refractivity contribution is 7.87. The number of benzene rings is 1. The predicted molar refractivity (Wildman–Crippen MR) is 93.2 cm³/mol. The third kappa shape index (κ3) is 4.02. The summed E-state index contributed by atoms with van der Waals surface area (Å²) in [6.45, 7) is 5.03. The second-order valence-corrected chi connectivity index (χ2v) is 7.74. The van der Waals surface area contributed by atoms with Gasteiger partial charge in [0.2, 0.25) is 6.79 Å². The van der Waals surface area contributed by atoms with Crippen molar-refractivity contribution < 1.29 is 27.4 Å². The van der Waals surface area contributed by atoms with Gasteiger partial charge in [-0.3, -0.25) is 0 Å². The van der Waals surface area contributed by atoms with Crippen LogP contribution in [0, 0.1) is 0 Å². The number of ether oxygens (including phenoxy) is 3. The van der Waals surface area contributed by atoms with Crippen LogP contribution in [0.1, 0.15) is 25.5 Å². The third-order valence-electron chi connectivity index (χ3n) is 4.33. The monoisotopic (exact) mass is 385 g/mol. The molecule has 10 heteroatoms. The summed E-state index contributed by atoms with van der Waals surface area (Å²) in [6.07, 6.45) is -0.411. The van der Waals surface area contributed by atoms with E-state index in [1.54, 1.807) is 32.0 Å². The zero-order chi connectivity index (χ0) is 18.7. The van der Waals surface area contributed by atoms with Gasteiger partial charge in [-0.05, 0) is 31.5 Å². The number of nitrogens with zero attached hydrogens (tertiary/aromatic N) is 2. The molecule has 144 valence electrons. The lowest BCUT2D eigenvalue weighted by atomic mass is 10.1. The van der Waals surface area contributed by atoms with Gasteiger partial charge in [0.05, 0.1) is 6.61 Å². The van der Waals surface area contributed by atoms with Crippen LogP contribution in [0.25, 0.3) is 0 Å². The second-order valence-electron chi connectivity index (χ2n) is 6.04. The number of carbonyl (C=O) groups is 1. The van der Waals surface area contributed by atoms with E-state index >= 15 is 0 Å². The van der Waals surface area contributed by atoms with Crippen LogP contribution in [0.4, 0.5) is 4.79 Å². The molecule has 0 aliphatic carbocycles. The van der Waals surface area contributed by atoms with Crippen molar-refractivity contribution in [1.82, 2.24) is 13.9 Å². The molecule has 2 heterocycles. The average molecular weight is 385 g/mol. The molecule has 0 bridgehead atoms. The van der Waals surface area contributed by atoms with E-state index in [1.165, 1.54) is 9.21 Å². The molecule has 9 nitrogen and oxygen atoms in total. The molecule has 1 N–H and O–H groups in total. The van der Waals surface area contributed by atoms with Gasteiger partial charge in [-0.15, -0.1) is 0 Å². The Morgan fingerprint density at radius 3 is 2.62 bits per heavy atom. The van der Waals surface area contributed by atoms with Gasteiger partial charge in [0, 0.05) is 32.2 Å². The normalized spacial score (nSPS) is 18.6. The maximum absolute atomic E-state index is 12.6. The molecule has 0 saturated carbocycles. The zero-order valence-electron chi connectivity index (χ0n) is 14.8. The molecule has 2 aliphatic rings. The first kappa shape index (κ1) is 18.7. The smallest absolute Gasteiger partial charge is 0.409 e. The van der Waals surface area contributed by atoms with E-state index in [0.717, 1.165) is 5.56 Å². The molecule has 0 aromatic heterocycles. The number of carbonyl (C=O) groups excluding carboxylic acids is 1. The molecule has 26 heavy (non-hydrogen) atoms. The van der Waals surface area contributed by atoms with Crippen LogP contribution in [0.3, 0.4) is 0 Å². The molecule has 1 aromatic carbocycles. The number of fused-ring (bicyclic) bond motifs is 1. The van der Waals surface area contributed by atoms with Crippen LogP contribution in [-0.2, 0) is 14.9 Å². The topological polar surface area (TPSA) is 97.4 Å². The highest BCUT2D eigenvalue weighted by Crippen LogP contribution is 2.34. The van der Waals surface area contributed by atoms with E-state index in [2.05, 4.69) is 4.72 Å². The van der Waals surface area contributed by atoms with E-state index in [-0.39, 0.29) is 19.9 Å². The third-order valence-corrected chi connectivity index (χ3v) is 6.02. The fourth-order valence-electron chi connectivity index (χ4n) is 2.87. The van der Waals surface area contributed by atoms with E-state index in [4.69, 9.17) is 14.2 Å². The van der Waals surface area contributed by atoms with Crippen molar-refractivity contribution in [1.29, 1.82) is 0 Å². The van der Waals surface area contributed by atoms with Gasteiger partial charge in [-0.1, -0.05) is 6.07 Å². The van der Waals surface area contributed by atoms with Crippen molar-refractivity contribution in [2.75, 3.05) is 39.6 Å². The van der Waals surface area contributed by atoms with Crippen LogP contribution in [0.5, 0.6) is 11.5 Å². The average Bonchev–Trinajstić information content (AvgIpc) is 3.09. The second kappa shape index (κ2) is 7.68. The maximum atomic E-state index is 12.6. The minimum Gasteiger partial charge on any atom is -0.454 e. The number of nitrogens with one attached hydrogen (secondary N) is 1. The summed E-state index contributed by atoms with van der Waals surface area (Å²) in [6, 6.07) is 4.91. The summed E-state index contributed by atoms with van der Waals surface area (Å²) >= 11 is 0. The highest BCUT2D eigenvalue weighted by Gasteiger charge is 2.30. The minimum absolute atomic E-state index is 0.170. The number of hydrogen-bond donors (Lipinski definition) is 1. The zero-order valence-corrected chi connectivity index (χ0v) is 15.6. The quantitative estimate of drug-likeness (QED) is 0.815. The van der Waals surface area contributed by atoms with Crippen molar-refractivity contribution in [2.24, 2.45) is 0 Å². The molecule has 3 rings (SSSR count). The lowest BCUT2D eigenvalue weighted by Crippen LogP contribution is -2.53. The van der Waals surface area contributed by atoms with Crippen LogP contribution >= 0.6 is 0 Å². The Hall–Kier alpha value is -2.04. The largest absolute Gasteiger partial charge is 0.454 e. The van der Waals surface area contributed by atoms with Crippen LogP contribution in [0.15, 0.2) is 18.2 Å². The van der Waals surface area contributed by atoms with Crippen molar-refractivity contribution in [3.8, 4) is 11.5 Å². The number of hydrogen-bond acceptors (Lipinski definition) is 6. The van der Waals surface area contributed by atoms with Gasteiger partial charge in [-0.25, -0.2) is 4.79 Å². The first-order chi connectivity index (χ1) is 12.4. The van der Waals surface area contributed by atoms with Gasteiger partial charge in [0.1, 0.15) is 0 Å². The lowest BCUT2D eigenvalue weighted by molar-refractivity contribution is 0.0931. The molecule has 0 radical (unpaired) electrons. The summed E-state index contributed by atoms with van der Waals surface area (Å²) in [5.74, 6) is 1.26. The summed E-state index contributed by atoms with van der Waals surface area (Å²) in [5, 5.41) is 0. The molecular weight excluding hydrogens is 362 g/mol. The summed E-state index contributed by atoms with van der Waals surface area (Å²) < 4.78 is 44.8.